The first kappa shape index (κ1) is 21.8. The molecular formula is C21H25NO5S. The fourth-order valence-electron chi connectivity index (χ4n) is 2.72. The first-order valence-corrected chi connectivity index (χ1v) is 10.0. The molecule has 1 N–H and O–H groups in total. The molecule has 0 aliphatic rings. The lowest BCUT2D eigenvalue weighted by molar-refractivity contribution is -0.146. The molecule has 0 aliphatic carbocycles. The monoisotopic (exact) mass is 403 g/mol. The lowest BCUT2D eigenvalue weighted by Crippen LogP contribution is -2.43. The van der Waals surface area contributed by atoms with Crippen LogP contribution in [0.4, 0.5) is 0 Å². The van der Waals surface area contributed by atoms with Crippen LogP contribution in [0.25, 0.3) is 10.8 Å². The molecule has 0 radical (unpaired) electrons. The Labute approximate surface area is 169 Å². The number of methoxy groups -OCH3 is 1. The fourth-order valence-corrected chi connectivity index (χ4v) is 3.66. The predicted molar refractivity (Wildman–Crippen MR) is 111 cm³/mol. The molecule has 0 bridgehead atoms. The number of amides is 1. The van der Waals surface area contributed by atoms with E-state index in [0.717, 1.165) is 33.8 Å². The Morgan fingerprint density at radius 2 is 1.79 bits per heavy atom. The molecule has 1 amide bonds. The third-order valence-corrected chi connectivity index (χ3v) is 5.40. The number of esters is 1. The predicted octanol–water partition coefficient (Wildman–Crippen LogP) is 3.28. The number of fused-ring (bicyclic) bond motifs is 1. The third kappa shape index (κ3) is 5.73. The van der Waals surface area contributed by atoms with E-state index in [1.165, 1.54) is 6.92 Å². The number of benzene rings is 2. The number of thioether (sulfide) groups is 1. The van der Waals surface area contributed by atoms with Gasteiger partial charge in [-0.25, -0.2) is 4.79 Å². The fraction of sp³-hybridized carbons (Fsp3) is 0.381. The number of carbonyl (C=O) groups is 3. The maximum absolute atomic E-state index is 12.6. The van der Waals surface area contributed by atoms with Gasteiger partial charge >= 0.3 is 5.97 Å². The minimum atomic E-state index is -0.845. The van der Waals surface area contributed by atoms with Crippen LogP contribution in [0, 0.1) is 0 Å². The Hall–Kier alpha value is -2.54. The van der Waals surface area contributed by atoms with Gasteiger partial charge in [0.25, 0.3) is 0 Å². The van der Waals surface area contributed by atoms with E-state index >= 15 is 0 Å². The largest absolute Gasteiger partial charge is 0.497 e. The zero-order valence-corrected chi connectivity index (χ0v) is 17.3. The Kier molecular flexibility index (Phi) is 7.87. The molecular weight excluding hydrogens is 378 g/mol. The van der Waals surface area contributed by atoms with E-state index in [-0.39, 0.29) is 29.3 Å². The van der Waals surface area contributed by atoms with E-state index in [0.29, 0.717) is 0 Å². The van der Waals surface area contributed by atoms with Crippen LogP contribution in [-0.4, -0.2) is 42.5 Å². The molecule has 2 atom stereocenters. The van der Waals surface area contributed by atoms with Gasteiger partial charge in [0.05, 0.1) is 19.6 Å². The molecule has 0 heterocycles. The maximum atomic E-state index is 12.6. The summed E-state index contributed by atoms with van der Waals surface area (Å²) in [4.78, 5) is 35.9. The van der Waals surface area contributed by atoms with Crippen molar-refractivity contribution in [2.75, 3.05) is 19.5 Å². The van der Waals surface area contributed by atoms with Gasteiger partial charge < -0.3 is 14.8 Å². The second-order valence-electron chi connectivity index (χ2n) is 6.33. The second kappa shape index (κ2) is 10.1. The van der Waals surface area contributed by atoms with Crippen molar-refractivity contribution < 1.29 is 23.9 Å². The van der Waals surface area contributed by atoms with E-state index in [9.17, 15) is 14.4 Å². The molecule has 7 heteroatoms. The molecule has 28 heavy (non-hydrogen) atoms. The van der Waals surface area contributed by atoms with E-state index in [4.69, 9.17) is 9.47 Å². The summed E-state index contributed by atoms with van der Waals surface area (Å²) in [5.41, 5.74) is 0.891. The molecule has 0 spiro atoms. The Morgan fingerprint density at radius 3 is 2.43 bits per heavy atom. The van der Waals surface area contributed by atoms with Gasteiger partial charge in [0, 0.05) is 12.7 Å². The number of hydrogen-bond acceptors (Lipinski definition) is 6. The minimum absolute atomic E-state index is 0.0764. The number of rotatable bonds is 8. The van der Waals surface area contributed by atoms with Crippen LogP contribution in [0.2, 0.25) is 0 Å². The number of hydrogen-bond donors (Lipinski definition) is 1. The summed E-state index contributed by atoms with van der Waals surface area (Å²) < 4.78 is 10.2. The van der Waals surface area contributed by atoms with Crippen molar-refractivity contribution in [2.45, 2.75) is 32.7 Å². The van der Waals surface area contributed by atoms with Crippen LogP contribution in [0.15, 0.2) is 36.4 Å². The highest BCUT2D eigenvalue weighted by molar-refractivity contribution is 8.13. The number of nitrogens with one attached hydrogen (secondary N) is 1. The van der Waals surface area contributed by atoms with Gasteiger partial charge in [0.15, 0.2) is 5.12 Å². The van der Waals surface area contributed by atoms with Gasteiger partial charge in [-0.3, -0.25) is 9.59 Å². The van der Waals surface area contributed by atoms with Crippen molar-refractivity contribution in [3.8, 4) is 5.75 Å². The van der Waals surface area contributed by atoms with Crippen molar-refractivity contribution >= 4 is 39.5 Å². The number of carbonyl (C=O) groups excluding carboxylic acids is 3. The van der Waals surface area contributed by atoms with E-state index in [2.05, 4.69) is 5.32 Å². The standard InChI is InChI=1S/C21H25NO5S/c1-5-27-20(24)19(22-14(3)23)12-28-21(25)13(2)15-6-7-17-11-18(26-4)9-8-16(17)10-15/h6-11,13,19H,5,12H2,1-4H3,(H,22,23)/t13-,19-/m0/s1. The van der Waals surface area contributed by atoms with Crippen LogP contribution < -0.4 is 10.1 Å². The first-order chi connectivity index (χ1) is 13.3. The Balaban J connectivity index is 2.07. The lowest BCUT2D eigenvalue weighted by atomic mass is 9.99. The van der Waals surface area contributed by atoms with Crippen molar-refractivity contribution in [3.05, 3.63) is 42.0 Å². The summed E-state index contributed by atoms with van der Waals surface area (Å²) in [7, 11) is 1.62. The second-order valence-corrected chi connectivity index (χ2v) is 7.35. The minimum Gasteiger partial charge on any atom is -0.497 e. The average molecular weight is 404 g/mol. The van der Waals surface area contributed by atoms with E-state index < -0.39 is 12.0 Å². The number of ether oxygens (including phenoxy) is 2. The van der Waals surface area contributed by atoms with Gasteiger partial charge in [-0.05, 0) is 35.4 Å². The molecule has 2 rings (SSSR count). The summed E-state index contributed by atoms with van der Waals surface area (Å²) >= 11 is 1.02. The molecule has 0 aromatic heterocycles. The van der Waals surface area contributed by atoms with Crippen LogP contribution in [0.1, 0.15) is 32.3 Å². The highest BCUT2D eigenvalue weighted by atomic mass is 32.2. The van der Waals surface area contributed by atoms with Crippen LogP contribution in [0.3, 0.4) is 0 Å². The summed E-state index contributed by atoms with van der Waals surface area (Å²) in [6.07, 6.45) is 0. The lowest BCUT2D eigenvalue weighted by Gasteiger charge is -2.17. The van der Waals surface area contributed by atoms with Gasteiger partial charge in [0.1, 0.15) is 11.8 Å². The highest BCUT2D eigenvalue weighted by Crippen LogP contribution is 2.28. The van der Waals surface area contributed by atoms with Crippen LogP contribution >= 0.6 is 11.8 Å². The SMILES string of the molecule is CCOC(=O)[C@H](CSC(=O)[C@@H](C)c1ccc2cc(OC)ccc2c1)NC(C)=O. The smallest absolute Gasteiger partial charge is 0.329 e. The Morgan fingerprint density at radius 1 is 1.11 bits per heavy atom. The van der Waals surface area contributed by atoms with Crippen molar-refractivity contribution in [3.63, 3.8) is 0 Å². The molecule has 0 fully saturated rings. The van der Waals surface area contributed by atoms with Crippen LogP contribution in [-0.2, 0) is 19.1 Å². The van der Waals surface area contributed by atoms with Crippen molar-refractivity contribution in [1.29, 1.82) is 0 Å². The topological polar surface area (TPSA) is 81.7 Å². The zero-order chi connectivity index (χ0) is 20.7. The van der Waals surface area contributed by atoms with Gasteiger partial charge in [-0.15, -0.1) is 0 Å². The normalized spacial score (nSPS) is 12.9. The van der Waals surface area contributed by atoms with Crippen LogP contribution in [0.5, 0.6) is 5.75 Å². The highest BCUT2D eigenvalue weighted by Gasteiger charge is 2.24. The zero-order valence-electron chi connectivity index (χ0n) is 16.5. The molecule has 0 saturated heterocycles. The molecule has 0 unspecified atom stereocenters. The summed E-state index contributed by atoms with van der Waals surface area (Å²) in [5.74, 6) is -0.319. The van der Waals surface area contributed by atoms with Crippen molar-refractivity contribution in [1.82, 2.24) is 5.32 Å². The average Bonchev–Trinajstić information content (AvgIpc) is 2.69. The van der Waals surface area contributed by atoms with Gasteiger partial charge in [-0.1, -0.05) is 43.0 Å². The molecule has 0 saturated carbocycles. The first-order valence-electron chi connectivity index (χ1n) is 9.03. The summed E-state index contributed by atoms with van der Waals surface area (Å²) in [6, 6.07) is 10.8. The van der Waals surface area contributed by atoms with Gasteiger partial charge in [0.2, 0.25) is 5.91 Å². The summed E-state index contributed by atoms with van der Waals surface area (Å²) in [5, 5.41) is 4.51. The molecule has 6 nitrogen and oxygen atoms in total. The van der Waals surface area contributed by atoms with Gasteiger partial charge in [-0.2, -0.15) is 0 Å². The maximum Gasteiger partial charge on any atom is 0.329 e. The van der Waals surface area contributed by atoms with Crippen molar-refractivity contribution in [2.24, 2.45) is 0 Å². The van der Waals surface area contributed by atoms with E-state index in [1.54, 1.807) is 14.0 Å². The molecule has 2 aromatic carbocycles. The molecule has 150 valence electrons. The molecule has 0 aliphatic heterocycles. The third-order valence-electron chi connectivity index (χ3n) is 4.27. The van der Waals surface area contributed by atoms with E-state index in [1.807, 2.05) is 43.3 Å². The Bertz CT molecular complexity index is 867. The quantitative estimate of drug-likeness (QED) is 0.681. The summed E-state index contributed by atoms with van der Waals surface area (Å²) in [6.45, 7) is 5.06. The molecule has 2 aromatic rings.